The van der Waals surface area contributed by atoms with Gasteiger partial charge in [0, 0.05) is 5.56 Å². The summed E-state index contributed by atoms with van der Waals surface area (Å²) in [5.74, 6) is 0.142. The summed E-state index contributed by atoms with van der Waals surface area (Å²) in [5.41, 5.74) is 8.25. The molecule has 0 aromatic heterocycles. The van der Waals surface area contributed by atoms with Crippen molar-refractivity contribution < 1.29 is 9.13 Å². The maximum absolute atomic E-state index is 13.2. The van der Waals surface area contributed by atoms with E-state index in [1.165, 1.54) is 18.2 Å². The number of rotatable bonds is 3. The van der Waals surface area contributed by atoms with Crippen molar-refractivity contribution in [2.24, 2.45) is 0 Å². The fraction of sp³-hybridized carbons (Fsp3) is 0.133. The Kier molecular flexibility index (Phi) is 3.67. The fourth-order valence-corrected chi connectivity index (χ4v) is 1.73. The van der Waals surface area contributed by atoms with Crippen LogP contribution in [-0.4, -0.2) is 0 Å². The van der Waals surface area contributed by atoms with Gasteiger partial charge in [-0.15, -0.1) is 0 Å². The number of nitrogens with zero attached hydrogens (tertiary/aromatic N) is 1. The van der Waals surface area contributed by atoms with E-state index in [-0.39, 0.29) is 6.61 Å². The van der Waals surface area contributed by atoms with E-state index in [1.807, 2.05) is 25.1 Å². The molecule has 0 aliphatic heterocycles. The highest BCUT2D eigenvalue weighted by Crippen LogP contribution is 2.25. The summed E-state index contributed by atoms with van der Waals surface area (Å²) in [7, 11) is 0. The van der Waals surface area contributed by atoms with Gasteiger partial charge in [-0.1, -0.05) is 12.1 Å². The predicted molar refractivity (Wildman–Crippen MR) is 71.0 cm³/mol. The zero-order chi connectivity index (χ0) is 13.8. The van der Waals surface area contributed by atoms with E-state index in [9.17, 15) is 4.39 Å². The second-order valence-corrected chi connectivity index (χ2v) is 4.19. The van der Waals surface area contributed by atoms with E-state index in [4.69, 9.17) is 15.7 Å². The molecule has 96 valence electrons. The van der Waals surface area contributed by atoms with Crippen LogP contribution in [0.15, 0.2) is 36.4 Å². The standard InChI is InChI=1S/C15H13FN2O/c1-10-3-2-4-14(15(10)18)19-9-12-7-13(16)6-5-11(12)8-17/h2-7H,9,18H2,1H3. The van der Waals surface area contributed by atoms with Crippen LogP contribution >= 0.6 is 0 Å². The van der Waals surface area contributed by atoms with Crippen molar-refractivity contribution in [2.45, 2.75) is 13.5 Å². The average Bonchev–Trinajstić information content (AvgIpc) is 2.40. The molecule has 3 nitrogen and oxygen atoms in total. The minimum atomic E-state index is -0.394. The van der Waals surface area contributed by atoms with Crippen LogP contribution in [0.1, 0.15) is 16.7 Å². The summed E-state index contributed by atoms with van der Waals surface area (Å²) >= 11 is 0. The molecule has 0 fully saturated rings. The van der Waals surface area contributed by atoms with Gasteiger partial charge in [0.25, 0.3) is 0 Å². The summed E-state index contributed by atoms with van der Waals surface area (Å²) in [6.07, 6.45) is 0. The smallest absolute Gasteiger partial charge is 0.142 e. The number of nitriles is 1. The fourth-order valence-electron chi connectivity index (χ4n) is 1.73. The zero-order valence-corrected chi connectivity index (χ0v) is 10.5. The monoisotopic (exact) mass is 256 g/mol. The van der Waals surface area contributed by atoms with Crippen molar-refractivity contribution in [3.63, 3.8) is 0 Å². The number of nitrogens with two attached hydrogens (primary N) is 1. The summed E-state index contributed by atoms with van der Waals surface area (Å²) in [4.78, 5) is 0. The number of aryl methyl sites for hydroxylation is 1. The van der Waals surface area contributed by atoms with Crippen molar-refractivity contribution in [2.75, 3.05) is 5.73 Å². The minimum Gasteiger partial charge on any atom is -0.487 e. The normalized spacial score (nSPS) is 9.95. The van der Waals surface area contributed by atoms with Gasteiger partial charge < -0.3 is 10.5 Å². The molecule has 2 N–H and O–H groups in total. The Labute approximate surface area is 111 Å². The molecule has 0 amide bonds. The van der Waals surface area contributed by atoms with Crippen LogP contribution in [-0.2, 0) is 6.61 Å². The Morgan fingerprint density at radius 3 is 2.84 bits per heavy atom. The third-order valence-electron chi connectivity index (χ3n) is 2.86. The molecule has 0 aliphatic carbocycles. The number of ether oxygens (including phenoxy) is 1. The Morgan fingerprint density at radius 1 is 1.32 bits per heavy atom. The van der Waals surface area contributed by atoms with Crippen LogP contribution < -0.4 is 10.5 Å². The highest BCUT2D eigenvalue weighted by molar-refractivity contribution is 5.57. The molecule has 0 heterocycles. The van der Waals surface area contributed by atoms with E-state index in [2.05, 4.69) is 0 Å². The van der Waals surface area contributed by atoms with Crippen LogP contribution in [0.3, 0.4) is 0 Å². The van der Waals surface area contributed by atoms with E-state index in [0.717, 1.165) is 5.56 Å². The van der Waals surface area contributed by atoms with Gasteiger partial charge in [-0.25, -0.2) is 4.39 Å². The first kappa shape index (κ1) is 12.9. The van der Waals surface area contributed by atoms with Gasteiger partial charge in [-0.05, 0) is 36.8 Å². The first-order chi connectivity index (χ1) is 9.11. The second-order valence-electron chi connectivity index (χ2n) is 4.19. The highest BCUT2D eigenvalue weighted by Gasteiger charge is 2.07. The number of para-hydroxylation sites is 1. The summed E-state index contributed by atoms with van der Waals surface area (Å²) in [6, 6.07) is 11.4. The lowest BCUT2D eigenvalue weighted by molar-refractivity contribution is 0.307. The quantitative estimate of drug-likeness (QED) is 0.858. The van der Waals surface area contributed by atoms with Crippen LogP contribution in [0.5, 0.6) is 5.75 Å². The molecule has 0 saturated heterocycles. The molecule has 0 atom stereocenters. The molecular weight excluding hydrogens is 243 g/mol. The first-order valence-corrected chi connectivity index (χ1v) is 5.78. The second kappa shape index (κ2) is 5.40. The molecule has 0 unspecified atom stereocenters. The molecule has 0 saturated carbocycles. The molecule has 0 aliphatic rings. The van der Waals surface area contributed by atoms with Gasteiger partial charge in [0.2, 0.25) is 0 Å². The SMILES string of the molecule is Cc1cccc(OCc2cc(F)ccc2C#N)c1N. The average molecular weight is 256 g/mol. The Bertz CT molecular complexity index is 647. The summed E-state index contributed by atoms with van der Waals surface area (Å²) < 4.78 is 18.7. The van der Waals surface area contributed by atoms with Crippen LogP contribution in [0.2, 0.25) is 0 Å². The van der Waals surface area contributed by atoms with E-state index < -0.39 is 5.82 Å². The van der Waals surface area contributed by atoms with Gasteiger partial charge in [-0.3, -0.25) is 0 Å². The Morgan fingerprint density at radius 2 is 2.11 bits per heavy atom. The van der Waals surface area contributed by atoms with Crippen molar-refractivity contribution in [3.8, 4) is 11.8 Å². The van der Waals surface area contributed by atoms with Gasteiger partial charge in [0.05, 0.1) is 17.3 Å². The number of hydrogen-bond acceptors (Lipinski definition) is 3. The molecule has 2 rings (SSSR count). The minimum absolute atomic E-state index is 0.105. The Balaban J connectivity index is 2.21. The first-order valence-electron chi connectivity index (χ1n) is 5.78. The van der Waals surface area contributed by atoms with Crippen molar-refractivity contribution >= 4 is 5.69 Å². The summed E-state index contributed by atoms with van der Waals surface area (Å²) in [5, 5.41) is 8.95. The van der Waals surface area contributed by atoms with E-state index in [1.54, 1.807) is 6.07 Å². The van der Waals surface area contributed by atoms with Crippen LogP contribution in [0, 0.1) is 24.1 Å². The topological polar surface area (TPSA) is 59.0 Å². The van der Waals surface area contributed by atoms with Gasteiger partial charge in [-0.2, -0.15) is 5.26 Å². The molecule has 0 spiro atoms. The van der Waals surface area contributed by atoms with E-state index in [0.29, 0.717) is 22.6 Å². The highest BCUT2D eigenvalue weighted by atomic mass is 19.1. The summed E-state index contributed by atoms with van der Waals surface area (Å²) in [6.45, 7) is 1.99. The number of nitrogen functional groups attached to an aromatic ring is 1. The zero-order valence-electron chi connectivity index (χ0n) is 10.5. The molecule has 2 aromatic carbocycles. The number of halogens is 1. The molecular formula is C15H13FN2O. The van der Waals surface area contributed by atoms with Gasteiger partial charge in [0.15, 0.2) is 0 Å². The lowest BCUT2D eigenvalue weighted by Crippen LogP contribution is -2.02. The molecule has 2 aromatic rings. The number of benzene rings is 2. The van der Waals surface area contributed by atoms with Crippen molar-refractivity contribution in [1.82, 2.24) is 0 Å². The molecule has 19 heavy (non-hydrogen) atoms. The van der Waals surface area contributed by atoms with Gasteiger partial charge in [0.1, 0.15) is 18.2 Å². The van der Waals surface area contributed by atoms with Crippen molar-refractivity contribution in [1.29, 1.82) is 5.26 Å². The van der Waals surface area contributed by atoms with Crippen LogP contribution in [0.25, 0.3) is 0 Å². The molecule has 0 radical (unpaired) electrons. The number of hydrogen-bond donors (Lipinski definition) is 1. The van der Waals surface area contributed by atoms with E-state index >= 15 is 0 Å². The molecule has 0 bridgehead atoms. The molecule has 4 heteroatoms. The van der Waals surface area contributed by atoms with Crippen molar-refractivity contribution in [3.05, 3.63) is 58.9 Å². The largest absolute Gasteiger partial charge is 0.487 e. The van der Waals surface area contributed by atoms with Gasteiger partial charge >= 0.3 is 0 Å². The number of anilines is 1. The maximum atomic E-state index is 13.2. The third-order valence-corrected chi connectivity index (χ3v) is 2.86. The lowest BCUT2D eigenvalue weighted by atomic mass is 10.1. The Hall–Kier alpha value is -2.54. The third kappa shape index (κ3) is 2.83. The predicted octanol–water partition coefficient (Wildman–Crippen LogP) is 3.17. The lowest BCUT2D eigenvalue weighted by Gasteiger charge is -2.11. The van der Waals surface area contributed by atoms with Crippen LogP contribution in [0.4, 0.5) is 10.1 Å². The maximum Gasteiger partial charge on any atom is 0.142 e.